The van der Waals surface area contributed by atoms with E-state index in [4.69, 9.17) is 20.9 Å². The van der Waals surface area contributed by atoms with Crippen molar-refractivity contribution in [3.05, 3.63) is 53.6 Å². The Hall–Kier alpha value is -3.14. The van der Waals surface area contributed by atoms with Gasteiger partial charge in [0.1, 0.15) is 17.9 Å². The van der Waals surface area contributed by atoms with Gasteiger partial charge < -0.3 is 21.1 Å². The Morgan fingerprint density at radius 2 is 1.73 bits per heavy atom. The SMILES string of the molecule is N#Cc1cc(-c2ccc(C(O)(CCS(=N)(=O)CC[C@H](N)C(=O)O)C(F)(F)F)cc2)ccc1O. The van der Waals surface area contributed by atoms with Crippen molar-refractivity contribution < 1.29 is 37.5 Å². The number of aromatic hydroxyl groups is 1. The number of carbonyl (C=O) groups is 1. The number of aliphatic carboxylic acids is 1. The van der Waals surface area contributed by atoms with Crippen molar-refractivity contribution in [3.63, 3.8) is 0 Å². The number of benzene rings is 2. The second-order valence-corrected chi connectivity index (χ2v) is 9.92. The number of nitrogens with one attached hydrogen (secondary N) is 1. The molecule has 0 saturated heterocycles. The summed E-state index contributed by atoms with van der Waals surface area (Å²) in [6.45, 7) is 0. The number of phenols is 1. The van der Waals surface area contributed by atoms with Crippen LogP contribution >= 0.6 is 0 Å². The molecular weight excluding hydrogens is 463 g/mol. The zero-order chi connectivity index (χ0) is 25.0. The summed E-state index contributed by atoms with van der Waals surface area (Å²) >= 11 is 0. The van der Waals surface area contributed by atoms with Crippen LogP contribution in [0.4, 0.5) is 13.2 Å². The maximum Gasteiger partial charge on any atom is 0.421 e. The van der Waals surface area contributed by atoms with Crippen LogP contribution in [0.2, 0.25) is 0 Å². The van der Waals surface area contributed by atoms with Gasteiger partial charge in [0.2, 0.25) is 0 Å². The van der Waals surface area contributed by atoms with Crippen molar-refractivity contribution in [2.45, 2.75) is 30.7 Å². The molecule has 12 heteroatoms. The lowest BCUT2D eigenvalue weighted by atomic mass is 9.89. The van der Waals surface area contributed by atoms with Crippen LogP contribution in [-0.2, 0) is 20.1 Å². The number of phenolic OH excluding ortho intramolecular Hbond substituents is 1. The lowest BCUT2D eigenvalue weighted by Crippen LogP contribution is -2.44. The van der Waals surface area contributed by atoms with Gasteiger partial charge in [0.25, 0.3) is 0 Å². The predicted octanol–water partition coefficient (Wildman–Crippen LogP) is 2.92. The minimum atomic E-state index is -5.14. The molecule has 6 N–H and O–H groups in total. The summed E-state index contributed by atoms with van der Waals surface area (Å²) in [5.74, 6) is -2.96. The first-order valence-electron chi connectivity index (χ1n) is 9.56. The molecule has 2 aromatic carbocycles. The Morgan fingerprint density at radius 1 is 1.15 bits per heavy atom. The first-order valence-corrected chi connectivity index (χ1v) is 11.5. The van der Waals surface area contributed by atoms with E-state index >= 15 is 0 Å². The smallest absolute Gasteiger partial charge is 0.421 e. The van der Waals surface area contributed by atoms with E-state index in [0.29, 0.717) is 11.1 Å². The second-order valence-electron chi connectivity index (χ2n) is 7.48. The lowest BCUT2D eigenvalue weighted by molar-refractivity contribution is -0.267. The molecular formula is C21H22F3N3O5S. The van der Waals surface area contributed by atoms with E-state index in [2.05, 4.69) is 0 Å². The van der Waals surface area contributed by atoms with E-state index in [0.717, 1.165) is 12.1 Å². The Balaban J connectivity index is 2.27. The fraction of sp³-hybridized carbons (Fsp3) is 0.333. The minimum Gasteiger partial charge on any atom is -0.507 e. The molecule has 0 radical (unpaired) electrons. The molecule has 0 bridgehead atoms. The molecule has 0 heterocycles. The van der Waals surface area contributed by atoms with Crippen molar-refractivity contribution in [2.24, 2.45) is 5.73 Å². The van der Waals surface area contributed by atoms with Crippen LogP contribution in [0.1, 0.15) is 24.0 Å². The normalized spacial score (nSPS) is 16.2. The number of carboxylic acids is 1. The van der Waals surface area contributed by atoms with E-state index in [1.54, 1.807) is 6.07 Å². The molecule has 2 rings (SSSR count). The van der Waals surface area contributed by atoms with Crippen molar-refractivity contribution in [1.29, 1.82) is 10.0 Å². The number of halogens is 3. The summed E-state index contributed by atoms with van der Waals surface area (Å²) in [5.41, 5.74) is 2.22. The van der Waals surface area contributed by atoms with Crippen LogP contribution in [-0.4, -0.2) is 49.2 Å². The highest BCUT2D eigenvalue weighted by Crippen LogP contribution is 2.42. The highest BCUT2D eigenvalue weighted by Gasteiger charge is 2.54. The van der Waals surface area contributed by atoms with Gasteiger partial charge in [0.15, 0.2) is 5.60 Å². The summed E-state index contributed by atoms with van der Waals surface area (Å²) < 4.78 is 61.5. The van der Waals surface area contributed by atoms with Crippen molar-refractivity contribution in [3.8, 4) is 22.9 Å². The van der Waals surface area contributed by atoms with E-state index in [9.17, 15) is 32.4 Å². The summed E-state index contributed by atoms with van der Waals surface area (Å²) in [6.07, 6.45) is -6.57. The van der Waals surface area contributed by atoms with Gasteiger partial charge in [-0.1, -0.05) is 30.3 Å². The standard InChI is InChI=1S/C21H22F3N3O5S/c22-21(23,24)20(31,8-10-33(27,32)9-7-17(26)19(29)30)16-4-1-13(2-5-16)14-3-6-18(28)15(11-14)12-25/h1-6,11,17,27-28,31H,7-10,26H2,(H,29,30)/t17-,20?,33?/m0/s1. The maximum absolute atomic E-state index is 13.8. The van der Waals surface area contributed by atoms with E-state index in [-0.39, 0.29) is 17.7 Å². The molecule has 0 aliphatic rings. The number of aliphatic hydroxyl groups is 1. The Labute approximate surface area is 188 Å². The van der Waals surface area contributed by atoms with Gasteiger partial charge in [-0.3, -0.25) is 9.57 Å². The number of nitriles is 1. The van der Waals surface area contributed by atoms with Crippen LogP contribution in [0.15, 0.2) is 42.5 Å². The molecule has 8 nitrogen and oxygen atoms in total. The average Bonchev–Trinajstić information content (AvgIpc) is 2.75. The molecule has 2 aromatic rings. The molecule has 2 unspecified atom stereocenters. The summed E-state index contributed by atoms with van der Waals surface area (Å²) in [4.78, 5) is 10.7. The number of rotatable bonds is 9. The molecule has 178 valence electrons. The molecule has 0 fully saturated rings. The van der Waals surface area contributed by atoms with Crippen molar-refractivity contribution >= 4 is 15.7 Å². The largest absolute Gasteiger partial charge is 0.507 e. The van der Waals surface area contributed by atoms with E-state index in [1.807, 2.05) is 0 Å². The number of nitrogens with zero attached hydrogens (tertiary/aromatic N) is 1. The number of carboxylic acid groups (broad SMARTS) is 1. The molecule has 33 heavy (non-hydrogen) atoms. The fourth-order valence-electron chi connectivity index (χ4n) is 3.05. The summed E-state index contributed by atoms with van der Waals surface area (Å²) in [5, 5.41) is 37.8. The third kappa shape index (κ3) is 6.22. The third-order valence-electron chi connectivity index (χ3n) is 5.15. The number of alkyl halides is 3. The van der Waals surface area contributed by atoms with Crippen molar-refractivity contribution in [2.75, 3.05) is 11.5 Å². The molecule has 0 amide bonds. The van der Waals surface area contributed by atoms with Gasteiger partial charge in [0, 0.05) is 27.7 Å². The van der Waals surface area contributed by atoms with E-state index < -0.39 is 57.0 Å². The zero-order valence-corrected chi connectivity index (χ0v) is 18.0. The van der Waals surface area contributed by atoms with Crippen LogP contribution < -0.4 is 5.73 Å². The fourth-order valence-corrected chi connectivity index (χ4v) is 4.51. The average molecular weight is 485 g/mol. The van der Waals surface area contributed by atoms with Gasteiger partial charge in [-0.25, -0.2) is 4.21 Å². The molecule has 3 atom stereocenters. The molecule has 0 aliphatic carbocycles. The number of hydrogen-bond donors (Lipinski definition) is 5. The van der Waals surface area contributed by atoms with Gasteiger partial charge >= 0.3 is 12.1 Å². The quantitative estimate of drug-likeness (QED) is 0.364. The van der Waals surface area contributed by atoms with Crippen LogP contribution in [0.25, 0.3) is 11.1 Å². The third-order valence-corrected chi connectivity index (χ3v) is 6.91. The molecule has 0 aromatic heterocycles. The monoisotopic (exact) mass is 485 g/mol. The Morgan fingerprint density at radius 3 is 2.24 bits per heavy atom. The summed E-state index contributed by atoms with van der Waals surface area (Å²) in [7, 11) is -3.63. The highest BCUT2D eigenvalue weighted by atomic mass is 32.2. The van der Waals surface area contributed by atoms with Gasteiger partial charge in [-0.15, -0.1) is 0 Å². The number of hydrogen-bond acceptors (Lipinski definition) is 7. The molecule has 0 aliphatic heterocycles. The van der Waals surface area contributed by atoms with E-state index in [1.165, 1.54) is 30.3 Å². The first-order chi connectivity index (χ1) is 15.2. The maximum atomic E-state index is 13.8. The minimum absolute atomic E-state index is 0.0174. The lowest BCUT2D eigenvalue weighted by Gasteiger charge is -2.31. The van der Waals surface area contributed by atoms with Crippen molar-refractivity contribution in [1.82, 2.24) is 0 Å². The first kappa shape index (κ1) is 26.1. The highest BCUT2D eigenvalue weighted by molar-refractivity contribution is 7.92. The molecule has 0 saturated carbocycles. The topological polar surface area (TPSA) is 168 Å². The zero-order valence-electron chi connectivity index (χ0n) is 17.2. The number of nitrogens with two attached hydrogens (primary N) is 1. The Kier molecular flexibility index (Phi) is 7.74. The Bertz CT molecular complexity index is 1160. The predicted molar refractivity (Wildman–Crippen MR) is 114 cm³/mol. The van der Waals surface area contributed by atoms with Crippen LogP contribution in [0.3, 0.4) is 0 Å². The van der Waals surface area contributed by atoms with Gasteiger partial charge in [0.05, 0.1) is 5.56 Å². The van der Waals surface area contributed by atoms with Crippen LogP contribution in [0, 0.1) is 16.1 Å². The van der Waals surface area contributed by atoms with Crippen LogP contribution in [0.5, 0.6) is 5.75 Å². The molecule has 0 spiro atoms. The second kappa shape index (κ2) is 9.78. The summed E-state index contributed by atoms with van der Waals surface area (Å²) in [6, 6.07) is 9.16. The van der Waals surface area contributed by atoms with Gasteiger partial charge in [-0.2, -0.15) is 18.4 Å². The van der Waals surface area contributed by atoms with Gasteiger partial charge in [-0.05, 0) is 35.2 Å².